The molecule has 3 atom stereocenters. The van der Waals surface area contributed by atoms with Crippen LogP contribution in [0.5, 0.6) is 0 Å². The lowest BCUT2D eigenvalue weighted by Crippen LogP contribution is -2.57. The van der Waals surface area contributed by atoms with Crippen LogP contribution in [0.4, 0.5) is 0 Å². The normalized spacial score (nSPS) is 38.1. The summed E-state index contributed by atoms with van der Waals surface area (Å²) in [5, 5.41) is 15.6. The number of nitrogens with one attached hydrogen (secondary N) is 1. The first-order chi connectivity index (χ1) is 10.1. The molecular weight excluding hydrogens is 352 g/mol. The lowest BCUT2D eigenvalue weighted by Gasteiger charge is -2.46. The minimum atomic E-state index is -0.358. The molecule has 0 saturated carbocycles. The second-order valence-electron chi connectivity index (χ2n) is 6.12. The Bertz CT molecular complexity index is 616. The van der Waals surface area contributed by atoms with Gasteiger partial charge in [-0.05, 0) is 65.5 Å². The van der Waals surface area contributed by atoms with E-state index in [9.17, 15) is 0 Å². The molecule has 3 unspecified atom stereocenters. The highest BCUT2D eigenvalue weighted by molar-refractivity contribution is 9.11. The first-order valence-corrected chi connectivity index (χ1v) is 8.85. The second-order valence-corrected chi connectivity index (χ2v) is 8.55. The maximum absolute atomic E-state index is 6.31. The van der Waals surface area contributed by atoms with Gasteiger partial charge in [0.1, 0.15) is 11.1 Å². The predicted octanol–water partition coefficient (Wildman–Crippen LogP) is 3.24. The molecule has 1 fully saturated rings. The number of halogens is 1. The summed E-state index contributed by atoms with van der Waals surface area (Å²) in [5.74, 6) is 0. The lowest BCUT2D eigenvalue weighted by molar-refractivity contribution is -0.0893. The summed E-state index contributed by atoms with van der Waals surface area (Å²) in [4.78, 5) is 1.39. The fourth-order valence-corrected chi connectivity index (χ4v) is 5.42. The van der Waals surface area contributed by atoms with Gasteiger partial charge >= 0.3 is 0 Å². The van der Waals surface area contributed by atoms with E-state index in [1.165, 1.54) is 14.2 Å². The Kier molecular flexibility index (Phi) is 3.29. The fraction of sp³-hybridized carbons (Fsp3) is 0.643. The van der Waals surface area contributed by atoms with Crippen molar-refractivity contribution in [3.63, 3.8) is 0 Å². The molecule has 1 aromatic rings. The molecule has 4 heterocycles. The van der Waals surface area contributed by atoms with Crippen molar-refractivity contribution >= 4 is 33.5 Å². The van der Waals surface area contributed by atoms with Crippen LogP contribution in [0, 0.1) is 0 Å². The van der Waals surface area contributed by atoms with Crippen molar-refractivity contribution in [3.05, 3.63) is 20.3 Å². The first kappa shape index (κ1) is 14.0. The molecule has 112 valence electrons. The van der Waals surface area contributed by atoms with Crippen LogP contribution in [0.2, 0.25) is 0 Å². The Labute approximate surface area is 136 Å². The minimum Gasteiger partial charge on any atom is -0.369 e. The highest BCUT2D eigenvalue weighted by atomic mass is 79.9. The summed E-state index contributed by atoms with van der Waals surface area (Å²) in [7, 11) is 0. The Morgan fingerprint density at radius 2 is 2.43 bits per heavy atom. The van der Waals surface area contributed by atoms with Crippen LogP contribution in [-0.2, 0) is 16.8 Å². The van der Waals surface area contributed by atoms with E-state index in [4.69, 9.17) is 4.74 Å². The van der Waals surface area contributed by atoms with Gasteiger partial charge in [-0.25, -0.2) is 0 Å². The number of hydrogen-bond acceptors (Lipinski definition) is 6. The van der Waals surface area contributed by atoms with E-state index in [1.54, 1.807) is 0 Å². The Morgan fingerprint density at radius 1 is 1.52 bits per heavy atom. The van der Waals surface area contributed by atoms with Crippen LogP contribution >= 0.6 is 27.3 Å². The van der Waals surface area contributed by atoms with Gasteiger partial charge in [-0.2, -0.15) is 5.11 Å². The second kappa shape index (κ2) is 4.94. The Balaban J connectivity index is 1.69. The average Bonchev–Trinajstić information content (AvgIpc) is 3.07. The molecule has 1 aromatic heterocycles. The van der Waals surface area contributed by atoms with Crippen LogP contribution in [-0.4, -0.2) is 30.9 Å². The highest BCUT2D eigenvalue weighted by Gasteiger charge is 2.48. The molecular formula is C14H17BrN4OS. The number of nitrogens with zero attached hydrogens (tertiary/aromatic N) is 3. The van der Waals surface area contributed by atoms with Crippen molar-refractivity contribution in [2.75, 3.05) is 13.2 Å². The van der Waals surface area contributed by atoms with Gasteiger partial charge in [0.05, 0.1) is 16.6 Å². The molecule has 0 aliphatic carbocycles. The van der Waals surface area contributed by atoms with Crippen molar-refractivity contribution in [1.29, 1.82) is 0 Å². The topological polar surface area (TPSA) is 58.3 Å². The van der Waals surface area contributed by atoms with Crippen LogP contribution in [0.25, 0.3) is 0 Å². The summed E-state index contributed by atoms with van der Waals surface area (Å²) < 4.78 is 7.51. The predicted molar refractivity (Wildman–Crippen MR) is 86.1 cm³/mol. The summed E-state index contributed by atoms with van der Waals surface area (Å²) in [5.41, 5.74) is 0.906. The van der Waals surface area contributed by atoms with Gasteiger partial charge in [0.15, 0.2) is 0 Å². The first-order valence-electron chi connectivity index (χ1n) is 7.24. The molecule has 0 aromatic carbocycles. The molecule has 7 heteroatoms. The monoisotopic (exact) mass is 368 g/mol. The molecule has 0 bridgehead atoms. The third-order valence-electron chi connectivity index (χ3n) is 4.73. The molecule has 1 spiro atoms. The number of thiophene rings is 1. The van der Waals surface area contributed by atoms with Crippen molar-refractivity contribution in [1.82, 2.24) is 5.32 Å². The average molecular weight is 369 g/mol. The Morgan fingerprint density at radius 3 is 3.24 bits per heavy atom. The standard InChI is InChI=1S/C14H17BrN4OS/c1-13(8-17-19-18-13)10-7-14(3-4-16-10)12-9(2-5-20-14)6-11(15)21-12/h6,8,10,16H,2-5,7H2,1H3. The van der Waals surface area contributed by atoms with E-state index < -0.39 is 0 Å². The highest BCUT2D eigenvalue weighted by Crippen LogP contribution is 2.47. The van der Waals surface area contributed by atoms with E-state index in [-0.39, 0.29) is 17.2 Å². The number of piperidine rings is 1. The molecule has 0 radical (unpaired) electrons. The third-order valence-corrected chi connectivity index (χ3v) is 6.60. The molecule has 3 aliphatic rings. The van der Waals surface area contributed by atoms with E-state index >= 15 is 0 Å². The molecule has 1 saturated heterocycles. The van der Waals surface area contributed by atoms with Gasteiger partial charge < -0.3 is 10.1 Å². The van der Waals surface area contributed by atoms with E-state index in [2.05, 4.69) is 49.7 Å². The third kappa shape index (κ3) is 2.21. The summed E-state index contributed by atoms with van der Waals surface area (Å²) >= 11 is 5.44. The minimum absolute atomic E-state index is 0.171. The van der Waals surface area contributed by atoms with Crippen LogP contribution in [0.3, 0.4) is 0 Å². The van der Waals surface area contributed by atoms with Gasteiger partial charge in [0.2, 0.25) is 0 Å². The van der Waals surface area contributed by atoms with Gasteiger partial charge in [0, 0.05) is 10.9 Å². The summed E-state index contributed by atoms with van der Waals surface area (Å²) in [6, 6.07) is 2.45. The quantitative estimate of drug-likeness (QED) is 0.826. The summed E-state index contributed by atoms with van der Waals surface area (Å²) in [6.07, 6.45) is 4.77. The molecule has 21 heavy (non-hydrogen) atoms. The zero-order chi connectivity index (χ0) is 14.5. The number of fused-ring (bicyclic) bond motifs is 2. The lowest BCUT2D eigenvalue weighted by atomic mass is 9.77. The van der Waals surface area contributed by atoms with Crippen molar-refractivity contribution in [2.24, 2.45) is 15.4 Å². The zero-order valence-corrected chi connectivity index (χ0v) is 14.2. The van der Waals surface area contributed by atoms with Crippen molar-refractivity contribution in [3.8, 4) is 0 Å². The maximum Gasteiger partial charge on any atom is 0.133 e. The van der Waals surface area contributed by atoms with Crippen LogP contribution < -0.4 is 5.32 Å². The number of rotatable bonds is 1. The number of ether oxygens (including phenoxy) is 1. The Hall–Kier alpha value is -0.630. The fourth-order valence-electron chi connectivity index (χ4n) is 3.54. The van der Waals surface area contributed by atoms with Gasteiger partial charge in [-0.15, -0.1) is 16.4 Å². The molecule has 3 aliphatic heterocycles. The molecule has 5 nitrogen and oxygen atoms in total. The largest absolute Gasteiger partial charge is 0.369 e. The maximum atomic E-state index is 6.31. The SMILES string of the molecule is CC1(C2CC3(CCN2)OCCc2cc(Br)sc23)C=NN=N1. The molecule has 4 rings (SSSR count). The van der Waals surface area contributed by atoms with E-state index in [0.29, 0.717) is 0 Å². The van der Waals surface area contributed by atoms with Crippen LogP contribution in [0.15, 0.2) is 25.3 Å². The van der Waals surface area contributed by atoms with Gasteiger partial charge in [-0.3, -0.25) is 0 Å². The molecule has 0 amide bonds. The van der Waals surface area contributed by atoms with Gasteiger partial charge in [-0.1, -0.05) is 0 Å². The van der Waals surface area contributed by atoms with E-state index in [0.717, 1.165) is 32.4 Å². The molecule has 1 N–H and O–H groups in total. The van der Waals surface area contributed by atoms with Crippen LogP contribution in [0.1, 0.15) is 30.2 Å². The smallest absolute Gasteiger partial charge is 0.133 e. The summed E-state index contributed by atoms with van der Waals surface area (Å²) in [6.45, 7) is 3.81. The van der Waals surface area contributed by atoms with Gasteiger partial charge in [0.25, 0.3) is 0 Å². The number of hydrogen-bond donors (Lipinski definition) is 1. The van der Waals surface area contributed by atoms with E-state index in [1.807, 2.05) is 17.6 Å². The van der Waals surface area contributed by atoms with Crippen molar-refractivity contribution in [2.45, 2.75) is 43.4 Å². The zero-order valence-electron chi connectivity index (χ0n) is 11.8. The van der Waals surface area contributed by atoms with Crippen molar-refractivity contribution < 1.29 is 4.74 Å².